The summed E-state index contributed by atoms with van der Waals surface area (Å²) in [6, 6.07) is 14.0. The van der Waals surface area contributed by atoms with Crippen molar-refractivity contribution in [3.8, 4) is 11.1 Å². The third-order valence-electron chi connectivity index (χ3n) is 7.44. The van der Waals surface area contributed by atoms with E-state index >= 15 is 0 Å². The molecule has 9 nitrogen and oxygen atoms in total. The third-order valence-corrected chi connectivity index (χ3v) is 7.44. The van der Waals surface area contributed by atoms with Crippen molar-refractivity contribution < 1.29 is 14.3 Å². The molecule has 0 bridgehead atoms. The van der Waals surface area contributed by atoms with Gasteiger partial charge >= 0.3 is 5.97 Å². The van der Waals surface area contributed by atoms with Gasteiger partial charge < -0.3 is 15.8 Å². The lowest BCUT2D eigenvalue weighted by atomic mass is 9.95. The summed E-state index contributed by atoms with van der Waals surface area (Å²) in [6.45, 7) is 3.34. The van der Waals surface area contributed by atoms with Gasteiger partial charge in [-0.3, -0.25) is 15.0 Å². The molecule has 200 valence electrons. The topological polar surface area (TPSA) is 122 Å². The maximum absolute atomic E-state index is 12.9. The van der Waals surface area contributed by atoms with Gasteiger partial charge in [-0.25, -0.2) is 9.99 Å². The first-order valence-corrected chi connectivity index (χ1v) is 13.7. The summed E-state index contributed by atoms with van der Waals surface area (Å²) in [4.78, 5) is 34.0. The Morgan fingerprint density at radius 1 is 1.00 bits per heavy atom. The molecule has 1 atom stereocenters. The number of nitrogens with one attached hydrogen (secondary N) is 2. The minimum Gasteiger partial charge on any atom is -0.466 e. The summed E-state index contributed by atoms with van der Waals surface area (Å²) >= 11 is 0. The van der Waals surface area contributed by atoms with Crippen molar-refractivity contribution in [2.45, 2.75) is 57.9 Å². The van der Waals surface area contributed by atoms with E-state index in [0.717, 1.165) is 53.5 Å². The molecule has 2 heterocycles. The van der Waals surface area contributed by atoms with Gasteiger partial charge in [-0.15, -0.1) is 0 Å². The van der Waals surface area contributed by atoms with Crippen LogP contribution in [0.25, 0.3) is 22.0 Å². The molecule has 1 unspecified atom stereocenters. The van der Waals surface area contributed by atoms with E-state index in [1.165, 1.54) is 19.3 Å². The van der Waals surface area contributed by atoms with E-state index in [4.69, 9.17) is 10.5 Å². The number of anilines is 2. The van der Waals surface area contributed by atoms with Gasteiger partial charge in [0.25, 0.3) is 5.91 Å². The molecular weight excluding hydrogens is 480 g/mol. The van der Waals surface area contributed by atoms with Crippen LogP contribution in [-0.4, -0.2) is 52.6 Å². The van der Waals surface area contributed by atoms with E-state index in [0.29, 0.717) is 31.3 Å². The number of esters is 1. The quantitative estimate of drug-likeness (QED) is 0.391. The molecular formula is C29H36N6O3. The number of hydrogen-bond acceptors (Lipinski definition) is 8. The molecule has 1 saturated heterocycles. The van der Waals surface area contributed by atoms with Gasteiger partial charge in [-0.05, 0) is 68.0 Å². The van der Waals surface area contributed by atoms with E-state index in [1.807, 2.05) is 41.4 Å². The van der Waals surface area contributed by atoms with Crippen molar-refractivity contribution >= 4 is 34.5 Å². The molecule has 9 heteroatoms. The number of hydrogen-bond donors (Lipinski definition) is 3. The Bertz CT molecular complexity index is 1290. The standard InChI is InChI=1S/C29H36N6O3/c1-2-38-28(37)22-7-6-16-35(18-22)34-27(36)20-12-10-19(11-13-20)21-14-15-25-24(17-21)26(33-29(30)32-25)31-23-8-4-3-5-9-23/h10-15,17,22-23H,2-9,16,18H2,1H3,(H,34,36)(H3,30,31,32,33). The van der Waals surface area contributed by atoms with Gasteiger partial charge in [0.2, 0.25) is 5.95 Å². The Balaban J connectivity index is 1.29. The molecule has 1 aromatic heterocycles. The average molecular weight is 517 g/mol. The van der Waals surface area contributed by atoms with Crippen molar-refractivity contribution in [3.05, 3.63) is 48.0 Å². The van der Waals surface area contributed by atoms with Crippen LogP contribution in [0.15, 0.2) is 42.5 Å². The molecule has 1 aliphatic heterocycles. The SMILES string of the molecule is CCOC(=O)C1CCCN(NC(=O)c2ccc(-c3ccc4nc(N)nc(NC5CCCCC5)c4c3)cc2)C1. The number of piperidine rings is 1. The van der Waals surface area contributed by atoms with Crippen molar-refractivity contribution in [2.75, 3.05) is 30.7 Å². The molecule has 1 amide bonds. The van der Waals surface area contributed by atoms with Crippen LogP contribution in [0.5, 0.6) is 0 Å². The minimum absolute atomic E-state index is 0.192. The van der Waals surface area contributed by atoms with Crippen molar-refractivity contribution in [1.82, 2.24) is 20.4 Å². The fourth-order valence-electron chi connectivity index (χ4n) is 5.43. The molecule has 1 aliphatic carbocycles. The Labute approximate surface area is 223 Å². The number of carbonyl (C=O) groups is 2. The van der Waals surface area contributed by atoms with Gasteiger partial charge in [0.15, 0.2) is 0 Å². The summed E-state index contributed by atoms with van der Waals surface area (Å²) in [6.07, 6.45) is 7.62. The Morgan fingerprint density at radius 2 is 1.76 bits per heavy atom. The molecule has 1 saturated carbocycles. The number of fused-ring (bicyclic) bond motifs is 1. The second-order valence-corrected chi connectivity index (χ2v) is 10.2. The third kappa shape index (κ3) is 6.05. The lowest BCUT2D eigenvalue weighted by molar-refractivity contribution is -0.150. The zero-order valence-corrected chi connectivity index (χ0v) is 21.9. The van der Waals surface area contributed by atoms with Crippen LogP contribution in [-0.2, 0) is 9.53 Å². The smallest absolute Gasteiger partial charge is 0.310 e. The van der Waals surface area contributed by atoms with E-state index in [-0.39, 0.29) is 23.7 Å². The number of ether oxygens (including phenoxy) is 1. The van der Waals surface area contributed by atoms with Gasteiger partial charge in [0.1, 0.15) is 5.82 Å². The molecule has 2 aromatic carbocycles. The van der Waals surface area contributed by atoms with Gasteiger partial charge in [-0.2, -0.15) is 4.98 Å². The number of nitrogens with two attached hydrogens (primary N) is 1. The lowest BCUT2D eigenvalue weighted by Crippen LogP contribution is -2.49. The lowest BCUT2D eigenvalue weighted by Gasteiger charge is -2.31. The number of nitrogens with zero attached hydrogens (tertiary/aromatic N) is 3. The van der Waals surface area contributed by atoms with E-state index in [9.17, 15) is 9.59 Å². The zero-order valence-electron chi connectivity index (χ0n) is 21.9. The number of nitrogen functional groups attached to an aromatic ring is 1. The van der Waals surface area contributed by atoms with E-state index < -0.39 is 0 Å². The zero-order chi connectivity index (χ0) is 26.5. The molecule has 38 heavy (non-hydrogen) atoms. The summed E-state index contributed by atoms with van der Waals surface area (Å²) in [5.41, 5.74) is 12.3. The van der Waals surface area contributed by atoms with Gasteiger partial charge in [-0.1, -0.05) is 37.5 Å². The summed E-state index contributed by atoms with van der Waals surface area (Å²) in [5.74, 6) is 0.441. The molecule has 0 spiro atoms. The summed E-state index contributed by atoms with van der Waals surface area (Å²) < 4.78 is 5.16. The minimum atomic E-state index is -0.212. The number of aromatic nitrogens is 2. The van der Waals surface area contributed by atoms with E-state index in [1.54, 1.807) is 6.92 Å². The molecule has 0 radical (unpaired) electrons. The van der Waals surface area contributed by atoms with Crippen molar-refractivity contribution in [3.63, 3.8) is 0 Å². The molecule has 2 aliphatic rings. The number of amides is 1. The maximum atomic E-state index is 12.9. The van der Waals surface area contributed by atoms with Crippen molar-refractivity contribution in [2.24, 2.45) is 5.92 Å². The van der Waals surface area contributed by atoms with Crippen LogP contribution >= 0.6 is 0 Å². The molecule has 2 fully saturated rings. The van der Waals surface area contributed by atoms with Crippen LogP contribution in [0.1, 0.15) is 62.2 Å². The second kappa shape index (κ2) is 11.8. The normalized spacial score (nSPS) is 18.7. The monoisotopic (exact) mass is 516 g/mol. The van der Waals surface area contributed by atoms with Crippen LogP contribution < -0.4 is 16.5 Å². The van der Waals surface area contributed by atoms with Crippen LogP contribution in [0.2, 0.25) is 0 Å². The second-order valence-electron chi connectivity index (χ2n) is 10.2. The highest BCUT2D eigenvalue weighted by Gasteiger charge is 2.28. The number of rotatable bonds is 7. The molecule has 4 N–H and O–H groups in total. The fourth-order valence-corrected chi connectivity index (χ4v) is 5.43. The largest absolute Gasteiger partial charge is 0.466 e. The van der Waals surface area contributed by atoms with Crippen LogP contribution in [0.4, 0.5) is 11.8 Å². The van der Waals surface area contributed by atoms with Gasteiger partial charge in [0.05, 0.1) is 18.0 Å². The summed E-state index contributed by atoms with van der Waals surface area (Å²) in [5, 5.41) is 6.36. The highest BCUT2D eigenvalue weighted by Crippen LogP contribution is 2.30. The predicted octanol–water partition coefficient (Wildman–Crippen LogP) is 4.54. The number of carbonyl (C=O) groups excluding carboxylic acids is 2. The summed E-state index contributed by atoms with van der Waals surface area (Å²) in [7, 11) is 0. The van der Waals surface area contributed by atoms with Crippen LogP contribution in [0.3, 0.4) is 0 Å². The Hall–Kier alpha value is -3.72. The first-order valence-electron chi connectivity index (χ1n) is 13.7. The Kier molecular flexibility index (Phi) is 8.03. The van der Waals surface area contributed by atoms with Crippen molar-refractivity contribution in [1.29, 1.82) is 0 Å². The van der Waals surface area contributed by atoms with Gasteiger partial charge in [0, 0.05) is 30.1 Å². The Morgan fingerprint density at radius 3 is 2.53 bits per heavy atom. The van der Waals surface area contributed by atoms with E-state index in [2.05, 4.69) is 26.8 Å². The molecule has 3 aromatic rings. The number of benzene rings is 2. The fraction of sp³-hybridized carbons (Fsp3) is 0.448. The first kappa shape index (κ1) is 25.9. The molecule has 5 rings (SSSR count). The average Bonchev–Trinajstić information content (AvgIpc) is 2.94. The van der Waals surface area contributed by atoms with Crippen LogP contribution in [0, 0.1) is 5.92 Å². The maximum Gasteiger partial charge on any atom is 0.310 e. The first-order chi connectivity index (χ1) is 18.5. The highest BCUT2D eigenvalue weighted by molar-refractivity contribution is 5.96. The predicted molar refractivity (Wildman–Crippen MR) is 148 cm³/mol. The number of hydrazine groups is 1. The highest BCUT2D eigenvalue weighted by atomic mass is 16.5.